The van der Waals surface area contributed by atoms with Crippen molar-refractivity contribution in [3.8, 4) is 5.75 Å². The van der Waals surface area contributed by atoms with Crippen molar-refractivity contribution in [2.75, 3.05) is 20.1 Å². The number of ether oxygens (including phenoxy) is 1. The standard InChI is InChI=1S/C24H34N4O.HI/c1-19(2)29-23-12-10-21(11-13-23)17-27-24(25-3)26-16-20-6-8-22(9-7-20)18-28-14-4-5-15-28;/h6-13,19H,4-5,14-18H2,1-3H3,(H2,25,26,27);1H. The molecule has 164 valence electrons. The van der Waals surface area contributed by atoms with Gasteiger partial charge in [0.2, 0.25) is 0 Å². The van der Waals surface area contributed by atoms with E-state index in [1.54, 1.807) is 7.05 Å². The molecule has 30 heavy (non-hydrogen) atoms. The van der Waals surface area contributed by atoms with Gasteiger partial charge in [-0.1, -0.05) is 36.4 Å². The summed E-state index contributed by atoms with van der Waals surface area (Å²) in [5, 5.41) is 6.76. The number of likely N-dealkylation sites (tertiary alicyclic amines) is 1. The van der Waals surface area contributed by atoms with Gasteiger partial charge in [-0.05, 0) is 68.6 Å². The number of guanidine groups is 1. The van der Waals surface area contributed by atoms with E-state index in [2.05, 4.69) is 56.9 Å². The van der Waals surface area contributed by atoms with Crippen molar-refractivity contribution in [3.63, 3.8) is 0 Å². The van der Waals surface area contributed by atoms with Crippen molar-refractivity contribution >= 4 is 29.9 Å². The summed E-state index contributed by atoms with van der Waals surface area (Å²) >= 11 is 0. The Balaban J connectivity index is 0.00000320. The Bertz CT molecular complexity index is 769. The van der Waals surface area contributed by atoms with Gasteiger partial charge in [-0.2, -0.15) is 0 Å². The van der Waals surface area contributed by atoms with Crippen molar-refractivity contribution in [1.29, 1.82) is 0 Å². The minimum Gasteiger partial charge on any atom is -0.491 e. The highest BCUT2D eigenvalue weighted by Crippen LogP contribution is 2.14. The molecule has 0 bridgehead atoms. The lowest BCUT2D eigenvalue weighted by Crippen LogP contribution is -2.36. The van der Waals surface area contributed by atoms with E-state index in [4.69, 9.17) is 4.74 Å². The van der Waals surface area contributed by atoms with E-state index in [-0.39, 0.29) is 30.1 Å². The second-order valence-electron chi connectivity index (χ2n) is 7.89. The Labute approximate surface area is 198 Å². The number of halogens is 1. The van der Waals surface area contributed by atoms with Gasteiger partial charge < -0.3 is 15.4 Å². The van der Waals surface area contributed by atoms with Crippen LogP contribution in [0.2, 0.25) is 0 Å². The first kappa shape index (κ1) is 24.5. The number of aliphatic imine (C=N–C) groups is 1. The van der Waals surface area contributed by atoms with E-state index in [9.17, 15) is 0 Å². The second-order valence-corrected chi connectivity index (χ2v) is 7.89. The van der Waals surface area contributed by atoms with Crippen LogP contribution < -0.4 is 15.4 Å². The molecular formula is C24H35IN4O. The van der Waals surface area contributed by atoms with Crippen LogP contribution in [0.3, 0.4) is 0 Å². The normalized spacial score (nSPS) is 14.5. The Morgan fingerprint density at radius 2 is 1.40 bits per heavy atom. The zero-order valence-corrected chi connectivity index (χ0v) is 20.7. The lowest BCUT2D eigenvalue weighted by Gasteiger charge is -2.15. The van der Waals surface area contributed by atoms with Crippen LogP contribution in [0.1, 0.15) is 43.4 Å². The maximum atomic E-state index is 5.69. The Kier molecular flexibility index (Phi) is 10.4. The molecular weight excluding hydrogens is 487 g/mol. The van der Waals surface area contributed by atoms with Crippen LogP contribution in [-0.2, 0) is 19.6 Å². The summed E-state index contributed by atoms with van der Waals surface area (Å²) < 4.78 is 5.69. The van der Waals surface area contributed by atoms with Crippen LogP contribution in [0.25, 0.3) is 0 Å². The number of hydrogen-bond acceptors (Lipinski definition) is 3. The fourth-order valence-corrected chi connectivity index (χ4v) is 3.51. The minimum absolute atomic E-state index is 0. The van der Waals surface area contributed by atoms with Gasteiger partial charge in [-0.25, -0.2) is 0 Å². The highest BCUT2D eigenvalue weighted by Gasteiger charge is 2.11. The van der Waals surface area contributed by atoms with Crippen LogP contribution >= 0.6 is 24.0 Å². The van der Waals surface area contributed by atoms with E-state index in [0.717, 1.165) is 31.3 Å². The Morgan fingerprint density at radius 1 is 0.900 bits per heavy atom. The molecule has 2 aromatic rings. The fraction of sp³-hybridized carbons (Fsp3) is 0.458. The molecule has 1 heterocycles. The molecule has 6 heteroatoms. The van der Waals surface area contributed by atoms with E-state index < -0.39 is 0 Å². The van der Waals surface area contributed by atoms with Gasteiger partial charge in [0.25, 0.3) is 0 Å². The molecule has 0 atom stereocenters. The highest BCUT2D eigenvalue weighted by molar-refractivity contribution is 14.0. The summed E-state index contributed by atoms with van der Waals surface area (Å²) in [7, 11) is 1.80. The molecule has 2 aromatic carbocycles. The number of nitrogens with zero attached hydrogens (tertiary/aromatic N) is 2. The van der Waals surface area contributed by atoms with Gasteiger partial charge in [0.1, 0.15) is 5.75 Å². The fourth-order valence-electron chi connectivity index (χ4n) is 3.51. The van der Waals surface area contributed by atoms with E-state index in [1.807, 2.05) is 26.0 Å². The molecule has 5 nitrogen and oxygen atoms in total. The molecule has 0 aromatic heterocycles. The Hall–Kier alpha value is -1.80. The lowest BCUT2D eigenvalue weighted by atomic mass is 10.1. The van der Waals surface area contributed by atoms with Gasteiger partial charge in [0.15, 0.2) is 5.96 Å². The number of benzene rings is 2. The Morgan fingerprint density at radius 3 is 1.90 bits per heavy atom. The summed E-state index contributed by atoms with van der Waals surface area (Å²) in [6, 6.07) is 17.1. The minimum atomic E-state index is 0. The monoisotopic (exact) mass is 522 g/mol. The van der Waals surface area contributed by atoms with Crippen molar-refractivity contribution < 1.29 is 4.74 Å². The molecule has 1 saturated heterocycles. The average Bonchev–Trinajstić information content (AvgIpc) is 3.23. The number of hydrogen-bond donors (Lipinski definition) is 2. The van der Waals surface area contributed by atoms with E-state index >= 15 is 0 Å². The summed E-state index contributed by atoms with van der Waals surface area (Å²) in [6.45, 7) is 9.08. The van der Waals surface area contributed by atoms with Crippen LogP contribution in [-0.4, -0.2) is 37.1 Å². The molecule has 1 aliphatic rings. The van der Waals surface area contributed by atoms with Gasteiger partial charge in [0.05, 0.1) is 6.10 Å². The van der Waals surface area contributed by atoms with Crippen molar-refractivity contribution in [3.05, 3.63) is 65.2 Å². The van der Waals surface area contributed by atoms with E-state index in [1.165, 1.54) is 42.6 Å². The maximum absolute atomic E-state index is 5.69. The molecule has 0 amide bonds. The molecule has 0 spiro atoms. The largest absolute Gasteiger partial charge is 0.491 e. The first-order valence-corrected chi connectivity index (χ1v) is 10.6. The predicted molar refractivity (Wildman–Crippen MR) is 136 cm³/mol. The molecule has 1 aliphatic heterocycles. The third kappa shape index (κ3) is 8.14. The van der Waals surface area contributed by atoms with Crippen molar-refractivity contribution in [2.45, 2.75) is 52.4 Å². The van der Waals surface area contributed by atoms with Crippen LogP contribution in [0.15, 0.2) is 53.5 Å². The molecule has 2 N–H and O–H groups in total. The first-order chi connectivity index (χ1) is 14.1. The maximum Gasteiger partial charge on any atom is 0.191 e. The molecule has 0 unspecified atom stereocenters. The molecule has 1 fully saturated rings. The molecule has 0 saturated carbocycles. The SMILES string of the molecule is CN=C(NCc1ccc(CN2CCCC2)cc1)NCc1ccc(OC(C)C)cc1.I. The van der Waals surface area contributed by atoms with Gasteiger partial charge >= 0.3 is 0 Å². The van der Waals surface area contributed by atoms with Gasteiger partial charge in [0, 0.05) is 26.7 Å². The quantitative estimate of drug-likeness (QED) is 0.304. The summed E-state index contributed by atoms with van der Waals surface area (Å²) in [4.78, 5) is 6.85. The summed E-state index contributed by atoms with van der Waals surface area (Å²) in [5.41, 5.74) is 3.84. The first-order valence-electron chi connectivity index (χ1n) is 10.6. The third-order valence-corrected chi connectivity index (χ3v) is 5.07. The topological polar surface area (TPSA) is 48.9 Å². The number of rotatable bonds is 8. The second kappa shape index (κ2) is 12.8. The zero-order chi connectivity index (χ0) is 20.5. The summed E-state index contributed by atoms with van der Waals surface area (Å²) in [5.74, 6) is 1.70. The van der Waals surface area contributed by atoms with Gasteiger partial charge in [-0.3, -0.25) is 9.89 Å². The zero-order valence-electron chi connectivity index (χ0n) is 18.4. The molecule has 3 rings (SSSR count). The number of nitrogens with one attached hydrogen (secondary N) is 2. The summed E-state index contributed by atoms with van der Waals surface area (Å²) in [6.07, 6.45) is 2.87. The third-order valence-electron chi connectivity index (χ3n) is 5.07. The average molecular weight is 522 g/mol. The van der Waals surface area contributed by atoms with Crippen molar-refractivity contribution in [1.82, 2.24) is 15.5 Å². The van der Waals surface area contributed by atoms with E-state index in [0.29, 0.717) is 0 Å². The van der Waals surface area contributed by atoms with Crippen LogP contribution in [0.5, 0.6) is 5.75 Å². The van der Waals surface area contributed by atoms with Crippen molar-refractivity contribution in [2.24, 2.45) is 4.99 Å². The smallest absolute Gasteiger partial charge is 0.191 e. The predicted octanol–water partition coefficient (Wildman–Crippen LogP) is 4.55. The lowest BCUT2D eigenvalue weighted by molar-refractivity contribution is 0.242. The molecule has 0 aliphatic carbocycles. The van der Waals surface area contributed by atoms with Crippen LogP contribution in [0.4, 0.5) is 0 Å². The van der Waals surface area contributed by atoms with Crippen LogP contribution in [0, 0.1) is 0 Å². The van der Waals surface area contributed by atoms with Gasteiger partial charge in [-0.15, -0.1) is 24.0 Å². The molecule has 0 radical (unpaired) electrons. The highest BCUT2D eigenvalue weighted by atomic mass is 127.